The van der Waals surface area contributed by atoms with Crippen molar-refractivity contribution in [1.82, 2.24) is 15.4 Å². The van der Waals surface area contributed by atoms with Gasteiger partial charge >= 0.3 is 0 Å². The molecule has 10 heteroatoms. The Morgan fingerprint density at radius 1 is 1.23 bits per heavy atom. The molecule has 1 aromatic carbocycles. The first-order valence-electron chi connectivity index (χ1n) is 9.68. The van der Waals surface area contributed by atoms with Crippen molar-refractivity contribution in [2.45, 2.75) is 30.5 Å². The zero-order valence-electron chi connectivity index (χ0n) is 17.2. The minimum Gasteiger partial charge on any atom is -0.493 e. The average molecular weight is 565 g/mol. The Bertz CT molecular complexity index is 930. The van der Waals surface area contributed by atoms with E-state index in [-0.39, 0.29) is 30.5 Å². The summed E-state index contributed by atoms with van der Waals surface area (Å²) >= 11 is 1.20. The van der Waals surface area contributed by atoms with E-state index in [0.29, 0.717) is 29.2 Å². The van der Waals surface area contributed by atoms with Crippen LogP contribution in [0.5, 0.6) is 5.75 Å². The number of aliphatic imine (C=N–C) groups is 1. The van der Waals surface area contributed by atoms with Crippen molar-refractivity contribution < 1.29 is 13.2 Å². The molecule has 0 unspecified atom stereocenters. The number of thiophene rings is 1. The molecule has 0 aliphatic heterocycles. The molecule has 0 atom stereocenters. The first kappa shape index (κ1) is 24.9. The highest BCUT2D eigenvalue weighted by Gasteiger charge is 2.22. The van der Waals surface area contributed by atoms with Crippen molar-refractivity contribution >= 4 is 51.3 Å². The first-order chi connectivity index (χ1) is 14.0. The molecule has 0 saturated heterocycles. The van der Waals surface area contributed by atoms with Gasteiger partial charge in [0.05, 0.1) is 6.61 Å². The minimum atomic E-state index is -3.44. The highest BCUT2D eigenvalue weighted by molar-refractivity contribution is 14.0. The fraction of sp³-hybridized carbons (Fsp3) is 0.450. The van der Waals surface area contributed by atoms with Crippen molar-refractivity contribution in [3.05, 3.63) is 46.8 Å². The van der Waals surface area contributed by atoms with Crippen LogP contribution in [0.1, 0.15) is 24.0 Å². The number of halogens is 1. The highest BCUT2D eigenvalue weighted by Crippen LogP contribution is 2.30. The monoisotopic (exact) mass is 564 g/mol. The van der Waals surface area contributed by atoms with Gasteiger partial charge in [0.15, 0.2) is 5.96 Å². The first-order valence-corrected chi connectivity index (χ1v) is 12.0. The Morgan fingerprint density at radius 3 is 2.70 bits per heavy atom. The largest absolute Gasteiger partial charge is 0.493 e. The third-order valence-corrected chi connectivity index (χ3v) is 7.39. The zero-order chi connectivity index (χ0) is 20.7. The van der Waals surface area contributed by atoms with Crippen molar-refractivity contribution in [3.63, 3.8) is 0 Å². The molecule has 1 fully saturated rings. The molecule has 3 rings (SSSR count). The Hall–Kier alpha value is -1.37. The molecular weight excluding hydrogens is 535 g/mol. The maximum atomic E-state index is 12.1. The topological polar surface area (TPSA) is 91.8 Å². The molecule has 166 valence electrons. The lowest BCUT2D eigenvalue weighted by Crippen LogP contribution is -2.41. The Balaban J connectivity index is 0.00000320. The summed E-state index contributed by atoms with van der Waals surface area (Å²) in [5.41, 5.74) is 2.23. The summed E-state index contributed by atoms with van der Waals surface area (Å²) in [5, 5.41) is 8.12. The van der Waals surface area contributed by atoms with Crippen molar-refractivity contribution in [2.24, 2.45) is 10.9 Å². The number of guanidine groups is 1. The fourth-order valence-corrected chi connectivity index (χ4v) is 4.76. The molecule has 30 heavy (non-hydrogen) atoms. The number of ether oxygens (including phenoxy) is 1. The van der Waals surface area contributed by atoms with Crippen LogP contribution in [0.2, 0.25) is 0 Å². The third-order valence-electron chi connectivity index (χ3n) is 4.53. The van der Waals surface area contributed by atoms with Gasteiger partial charge in [-0.15, -0.1) is 35.3 Å². The van der Waals surface area contributed by atoms with E-state index in [1.807, 2.05) is 0 Å². The molecule has 1 aliphatic rings. The number of aryl methyl sites for hydroxylation is 1. The van der Waals surface area contributed by atoms with Crippen molar-refractivity contribution in [1.29, 1.82) is 0 Å². The maximum Gasteiger partial charge on any atom is 0.250 e. The summed E-state index contributed by atoms with van der Waals surface area (Å²) in [6, 6.07) is 9.50. The molecule has 2 aromatic rings. The summed E-state index contributed by atoms with van der Waals surface area (Å²) in [6.45, 7) is 4.08. The van der Waals surface area contributed by atoms with Gasteiger partial charge in [-0.3, -0.25) is 4.99 Å². The number of nitrogens with one attached hydrogen (secondary N) is 3. The molecule has 1 aromatic heterocycles. The molecule has 7 nitrogen and oxygen atoms in total. The fourth-order valence-electron chi connectivity index (χ4n) is 2.69. The van der Waals surface area contributed by atoms with Gasteiger partial charge in [0.2, 0.25) is 10.0 Å². The van der Waals surface area contributed by atoms with Gasteiger partial charge in [-0.05, 0) is 48.8 Å². The summed E-state index contributed by atoms with van der Waals surface area (Å²) in [7, 11) is -1.76. The Labute approximate surface area is 199 Å². The van der Waals surface area contributed by atoms with E-state index in [9.17, 15) is 8.42 Å². The van der Waals surface area contributed by atoms with Crippen LogP contribution in [0.4, 0.5) is 0 Å². The number of nitrogens with zero attached hydrogens (tertiary/aromatic N) is 1. The lowest BCUT2D eigenvalue weighted by Gasteiger charge is -2.15. The Kier molecular flexibility index (Phi) is 9.85. The van der Waals surface area contributed by atoms with Gasteiger partial charge in [-0.25, -0.2) is 13.1 Å². The normalized spacial score (nSPS) is 14.1. The lowest BCUT2D eigenvalue weighted by atomic mass is 10.1. The third kappa shape index (κ3) is 7.71. The van der Waals surface area contributed by atoms with Crippen LogP contribution in [0.3, 0.4) is 0 Å². The lowest BCUT2D eigenvalue weighted by molar-refractivity contribution is 0.296. The van der Waals surface area contributed by atoms with Crippen molar-refractivity contribution in [2.75, 3.05) is 26.7 Å². The molecule has 1 aliphatic carbocycles. The predicted molar refractivity (Wildman–Crippen MR) is 133 cm³/mol. The number of sulfonamides is 1. The van der Waals surface area contributed by atoms with Gasteiger partial charge < -0.3 is 15.4 Å². The number of benzene rings is 1. The quantitative estimate of drug-likeness (QED) is 0.179. The van der Waals surface area contributed by atoms with E-state index in [1.54, 1.807) is 24.6 Å². The van der Waals surface area contributed by atoms with Crippen LogP contribution in [0, 0.1) is 12.8 Å². The highest BCUT2D eigenvalue weighted by atomic mass is 127. The zero-order valence-corrected chi connectivity index (χ0v) is 21.1. The van der Waals surface area contributed by atoms with Crippen LogP contribution in [0.25, 0.3) is 0 Å². The van der Waals surface area contributed by atoms with Crippen molar-refractivity contribution in [3.8, 4) is 5.75 Å². The Morgan fingerprint density at radius 2 is 2.03 bits per heavy atom. The predicted octanol–water partition coefficient (Wildman–Crippen LogP) is 3.11. The second kappa shape index (κ2) is 11.9. The molecule has 0 radical (unpaired) electrons. The van der Waals surface area contributed by atoms with Crippen LogP contribution in [-0.4, -0.2) is 41.1 Å². The van der Waals surface area contributed by atoms with Gasteiger partial charge in [-0.1, -0.05) is 18.2 Å². The number of hydrogen-bond donors (Lipinski definition) is 3. The smallest absolute Gasteiger partial charge is 0.250 e. The SMILES string of the molecule is CN=C(NCCNS(=O)(=O)c1cccs1)NCc1ccc(C)cc1OCC1CC1.I. The average Bonchev–Trinajstić information content (AvgIpc) is 3.36. The van der Waals surface area contributed by atoms with E-state index in [1.165, 1.54) is 29.7 Å². The molecule has 1 saturated carbocycles. The standard InChI is InChI=1S/C20H28N4O3S2.HI/c1-15-5-8-17(18(12-15)27-14-16-6-7-16)13-23-20(21-2)22-9-10-24-29(25,26)19-4-3-11-28-19;/h3-5,8,11-12,16,24H,6-7,9-10,13-14H2,1-2H3,(H2,21,22,23);1H. The summed E-state index contributed by atoms with van der Waals surface area (Å²) in [4.78, 5) is 4.20. The minimum absolute atomic E-state index is 0. The summed E-state index contributed by atoms with van der Waals surface area (Å²) in [6.07, 6.45) is 2.51. The molecule has 1 heterocycles. The molecule has 0 spiro atoms. The van der Waals surface area contributed by atoms with Gasteiger partial charge in [0, 0.05) is 32.2 Å². The summed E-state index contributed by atoms with van der Waals surface area (Å²) in [5.74, 6) is 2.21. The van der Waals surface area contributed by atoms with Crippen LogP contribution >= 0.6 is 35.3 Å². The van der Waals surface area contributed by atoms with E-state index in [2.05, 4.69) is 45.5 Å². The molecular formula is C20H29IN4O3S2. The van der Waals surface area contributed by atoms with Gasteiger partial charge in [0.1, 0.15) is 9.96 Å². The van der Waals surface area contributed by atoms with Crippen LogP contribution < -0.4 is 20.1 Å². The van der Waals surface area contributed by atoms with E-state index >= 15 is 0 Å². The molecule has 3 N–H and O–H groups in total. The molecule has 0 amide bonds. The van der Waals surface area contributed by atoms with Gasteiger partial charge in [0.25, 0.3) is 0 Å². The second-order valence-corrected chi connectivity index (χ2v) is 9.99. The molecule has 0 bridgehead atoms. The van der Waals surface area contributed by atoms with Gasteiger partial charge in [-0.2, -0.15) is 0 Å². The second-order valence-electron chi connectivity index (χ2n) is 7.05. The van der Waals surface area contributed by atoms with E-state index in [0.717, 1.165) is 17.9 Å². The number of hydrogen-bond acceptors (Lipinski definition) is 5. The van der Waals surface area contributed by atoms with Crippen LogP contribution in [-0.2, 0) is 16.6 Å². The maximum absolute atomic E-state index is 12.1. The van der Waals surface area contributed by atoms with E-state index in [4.69, 9.17) is 4.74 Å². The van der Waals surface area contributed by atoms with Crippen LogP contribution in [0.15, 0.2) is 44.9 Å². The number of rotatable bonds is 10. The summed E-state index contributed by atoms with van der Waals surface area (Å²) < 4.78 is 33.1. The van der Waals surface area contributed by atoms with E-state index < -0.39 is 10.0 Å².